The Morgan fingerprint density at radius 1 is 0.808 bits per heavy atom. The van der Waals surface area contributed by atoms with E-state index < -0.39 is 11.8 Å². The van der Waals surface area contributed by atoms with Crippen LogP contribution in [0.1, 0.15) is 78.1 Å². The van der Waals surface area contributed by atoms with Crippen LogP contribution in [0.5, 0.6) is 0 Å². The molecule has 146 valence electrons. The summed E-state index contributed by atoms with van der Waals surface area (Å²) in [4.78, 5) is 42.7. The molecule has 3 fully saturated rings. The molecular weight excluding hydrogens is 328 g/mol. The lowest BCUT2D eigenvalue weighted by molar-refractivity contribution is -0.149. The molecule has 0 aromatic heterocycles. The molecule has 0 N–H and O–H groups in total. The van der Waals surface area contributed by atoms with Crippen LogP contribution in [-0.4, -0.2) is 52.6 Å². The number of hydrogen-bond acceptors (Lipinski definition) is 3. The van der Waals surface area contributed by atoms with Crippen LogP contribution in [0.3, 0.4) is 0 Å². The summed E-state index contributed by atoms with van der Waals surface area (Å²) in [6.07, 6.45) is 8.92. The summed E-state index contributed by atoms with van der Waals surface area (Å²) >= 11 is 0. The van der Waals surface area contributed by atoms with E-state index in [1.807, 2.05) is 9.80 Å². The van der Waals surface area contributed by atoms with Gasteiger partial charge in [-0.25, -0.2) is 0 Å². The number of Topliss-reactive ketones (excluding diaryl/α,β-unsaturated/α-hetero) is 1. The molecular formula is C21H34N2O3. The van der Waals surface area contributed by atoms with Gasteiger partial charge in [-0.2, -0.15) is 0 Å². The maximum Gasteiger partial charge on any atom is 0.227 e. The highest BCUT2D eigenvalue weighted by Crippen LogP contribution is 2.36. The van der Waals surface area contributed by atoms with Crippen molar-refractivity contribution in [3.8, 4) is 0 Å². The van der Waals surface area contributed by atoms with Crippen molar-refractivity contribution in [1.29, 1.82) is 0 Å². The Labute approximate surface area is 157 Å². The van der Waals surface area contributed by atoms with Crippen LogP contribution < -0.4 is 0 Å². The monoisotopic (exact) mass is 362 g/mol. The molecule has 2 saturated heterocycles. The average Bonchev–Trinajstić information content (AvgIpc) is 3.08. The zero-order chi connectivity index (χ0) is 18.7. The van der Waals surface area contributed by atoms with Gasteiger partial charge in [-0.05, 0) is 51.4 Å². The molecule has 3 rings (SSSR count). The first-order chi connectivity index (χ1) is 12.6. The number of rotatable bonds is 4. The second-order valence-electron chi connectivity index (χ2n) is 8.34. The van der Waals surface area contributed by atoms with Crippen molar-refractivity contribution in [3.05, 3.63) is 0 Å². The first-order valence-corrected chi connectivity index (χ1v) is 10.7. The molecule has 0 bridgehead atoms. The van der Waals surface area contributed by atoms with Crippen molar-refractivity contribution < 1.29 is 14.4 Å². The maximum atomic E-state index is 13.3. The lowest BCUT2D eigenvalue weighted by atomic mass is 9.89. The zero-order valence-electron chi connectivity index (χ0n) is 16.4. The molecule has 1 saturated carbocycles. The number of piperidine rings is 2. The fraction of sp³-hybridized carbons (Fsp3) is 0.857. The number of carbonyl (C=O) groups excluding carboxylic acids is 3. The van der Waals surface area contributed by atoms with Gasteiger partial charge in [-0.15, -0.1) is 0 Å². The van der Waals surface area contributed by atoms with Gasteiger partial charge in [0, 0.05) is 38.0 Å². The molecule has 0 aromatic carbocycles. The minimum absolute atomic E-state index is 0.0609. The predicted octanol–water partition coefficient (Wildman–Crippen LogP) is 3.16. The topological polar surface area (TPSA) is 57.7 Å². The maximum absolute atomic E-state index is 13.3. The minimum Gasteiger partial charge on any atom is -0.339 e. The van der Waals surface area contributed by atoms with E-state index in [1.165, 1.54) is 12.8 Å². The first-order valence-electron chi connectivity index (χ1n) is 10.7. The van der Waals surface area contributed by atoms with E-state index in [1.54, 1.807) is 0 Å². The highest BCUT2D eigenvalue weighted by atomic mass is 16.2. The summed E-state index contributed by atoms with van der Waals surface area (Å²) in [6, 6.07) is 0.558. The Hall–Kier alpha value is -1.39. The predicted molar refractivity (Wildman–Crippen MR) is 101 cm³/mol. The molecule has 5 nitrogen and oxygen atoms in total. The second-order valence-corrected chi connectivity index (χ2v) is 8.34. The number of hydrogen-bond donors (Lipinski definition) is 0. The fourth-order valence-corrected chi connectivity index (χ4v) is 5.23. The minimum atomic E-state index is -0.429. The first kappa shape index (κ1) is 19.4. The van der Waals surface area contributed by atoms with Gasteiger partial charge in [-0.3, -0.25) is 14.4 Å². The van der Waals surface area contributed by atoms with Gasteiger partial charge < -0.3 is 9.80 Å². The molecule has 0 spiro atoms. The molecule has 3 aliphatic rings. The van der Waals surface area contributed by atoms with E-state index >= 15 is 0 Å². The van der Waals surface area contributed by atoms with Crippen molar-refractivity contribution in [2.24, 2.45) is 11.8 Å². The molecule has 2 heterocycles. The zero-order valence-corrected chi connectivity index (χ0v) is 16.4. The highest BCUT2D eigenvalue weighted by molar-refractivity contribution is 5.98. The lowest BCUT2D eigenvalue weighted by Crippen LogP contribution is -2.51. The van der Waals surface area contributed by atoms with E-state index in [9.17, 15) is 14.4 Å². The standard InChI is InChI=1S/C21H34N2O3/c1-3-15-9-5-7-11-22(15)20(25)18-13-17(24)14-19(18)21(26)23-12-8-6-10-16(23)4-2/h15-16,18-19H,3-14H2,1-2H3/t15-,16-,18-,19-/m1/s1. The average molecular weight is 363 g/mol. The van der Waals surface area contributed by atoms with E-state index in [0.29, 0.717) is 0 Å². The molecule has 4 atom stereocenters. The van der Waals surface area contributed by atoms with Gasteiger partial charge >= 0.3 is 0 Å². The Kier molecular flexibility index (Phi) is 6.36. The summed E-state index contributed by atoms with van der Waals surface area (Å²) in [7, 11) is 0. The van der Waals surface area contributed by atoms with Crippen LogP contribution in [0.25, 0.3) is 0 Å². The van der Waals surface area contributed by atoms with Gasteiger partial charge in [0.15, 0.2) is 0 Å². The van der Waals surface area contributed by atoms with Gasteiger partial charge in [0.2, 0.25) is 11.8 Å². The molecule has 1 aliphatic carbocycles. The van der Waals surface area contributed by atoms with Crippen molar-refractivity contribution in [2.45, 2.75) is 90.1 Å². The summed E-state index contributed by atoms with van der Waals surface area (Å²) in [5.41, 5.74) is 0. The van der Waals surface area contributed by atoms with Gasteiger partial charge in [0.25, 0.3) is 0 Å². The summed E-state index contributed by atoms with van der Waals surface area (Å²) in [5.74, 6) is -0.656. The smallest absolute Gasteiger partial charge is 0.227 e. The van der Waals surface area contributed by atoms with Gasteiger partial charge in [0.05, 0.1) is 11.8 Å². The molecule has 26 heavy (non-hydrogen) atoms. The third-order valence-electron chi connectivity index (χ3n) is 6.78. The Morgan fingerprint density at radius 2 is 1.23 bits per heavy atom. The molecule has 0 aromatic rings. The lowest BCUT2D eigenvalue weighted by Gasteiger charge is -2.40. The molecule has 0 unspecified atom stereocenters. The SMILES string of the molecule is CC[C@@H]1CCCCN1C(=O)[C@@H]1CC(=O)C[C@H]1C(=O)N1CCCC[C@H]1CC. The highest BCUT2D eigenvalue weighted by Gasteiger charge is 2.46. The van der Waals surface area contributed by atoms with Gasteiger partial charge in [-0.1, -0.05) is 13.8 Å². The summed E-state index contributed by atoms with van der Waals surface area (Å²) in [6.45, 7) is 5.81. The molecule has 2 aliphatic heterocycles. The van der Waals surface area contributed by atoms with Crippen molar-refractivity contribution in [2.75, 3.05) is 13.1 Å². The Bertz CT molecular complexity index is 501. The van der Waals surface area contributed by atoms with Crippen LogP contribution in [0.4, 0.5) is 0 Å². The largest absolute Gasteiger partial charge is 0.339 e. The summed E-state index contributed by atoms with van der Waals surface area (Å²) < 4.78 is 0. The quantitative estimate of drug-likeness (QED) is 0.772. The Morgan fingerprint density at radius 3 is 1.62 bits per heavy atom. The van der Waals surface area contributed by atoms with Crippen molar-refractivity contribution in [3.63, 3.8) is 0 Å². The normalized spacial score (nSPS) is 32.8. The Balaban J connectivity index is 1.76. The number of nitrogens with zero attached hydrogens (tertiary/aromatic N) is 2. The van der Waals surface area contributed by atoms with Crippen LogP contribution in [-0.2, 0) is 14.4 Å². The van der Waals surface area contributed by atoms with Gasteiger partial charge in [0.1, 0.15) is 5.78 Å². The van der Waals surface area contributed by atoms with E-state index in [2.05, 4.69) is 13.8 Å². The third kappa shape index (κ3) is 3.81. The van der Waals surface area contributed by atoms with Crippen molar-refractivity contribution >= 4 is 17.6 Å². The number of amides is 2. The molecule has 2 amide bonds. The second kappa shape index (κ2) is 8.53. The summed E-state index contributed by atoms with van der Waals surface area (Å²) in [5, 5.41) is 0. The number of likely N-dealkylation sites (tertiary alicyclic amines) is 2. The molecule has 5 heteroatoms. The van der Waals surface area contributed by atoms with E-state index in [-0.39, 0.29) is 42.5 Å². The number of ketones is 1. The number of carbonyl (C=O) groups is 3. The van der Waals surface area contributed by atoms with E-state index in [4.69, 9.17) is 0 Å². The van der Waals surface area contributed by atoms with Crippen LogP contribution in [0.15, 0.2) is 0 Å². The van der Waals surface area contributed by atoms with Crippen LogP contribution >= 0.6 is 0 Å². The van der Waals surface area contributed by atoms with E-state index in [0.717, 1.165) is 51.6 Å². The van der Waals surface area contributed by atoms with Crippen LogP contribution in [0.2, 0.25) is 0 Å². The van der Waals surface area contributed by atoms with Crippen molar-refractivity contribution in [1.82, 2.24) is 9.80 Å². The fourth-order valence-electron chi connectivity index (χ4n) is 5.23. The molecule has 0 radical (unpaired) electrons. The van der Waals surface area contributed by atoms with Crippen LogP contribution in [0, 0.1) is 11.8 Å². The third-order valence-corrected chi connectivity index (χ3v) is 6.78.